The average molecular weight is 275 g/mol. The lowest BCUT2D eigenvalue weighted by Gasteiger charge is -2.29. The molecule has 0 atom stereocenters. The fourth-order valence-corrected chi connectivity index (χ4v) is 2.73. The van der Waals surface area contributed by atoms with Crippen molar-refractivity contribution in [1.82, 2.24) is 10.1 Å². The van der Waals surface area contributed by atoms with Crippen molar-refractivity contribution in [1.29, 1.82) is 0 Å². The number of halogens is 1. The highest BCUT2D eigenvalue weighted by molar-refractivity contribution is 5.54. The van der Waals surface area contributed by atoms with Crippen LogP contribution in [0, 0.1) is 12.7 Å². The third-order valence-corrected chi connectivity index (χ3v) is 3.97. The summed E-state index contributed by atoms with van der Waals surface area (Å²) >= 11 is 0. The summed E-state index contributed by atoms with van der Waals surface area (Å²) in [6, 6.07) is 4.94. The van der Waals surface area contributed by atoms with Crippen molar-refractivity contribution in [3.05, 3.63) is 35.4 Å². The Hall–Kier alpha value is -1.75. The maximum absolute atomic E-state index is 13.9. The summed E-state index contributed by atoms with van der Waals surface area (Å²) in [6.45, 7) is 1.84. The van der Waals surface area contributed by atoms with Crippen LogP contribution in [0.1, 0.15) is 43.5 Å². The number of hydrogen-bond acceptors (Lipinski definition) is 4. The van der Waals surface area contributed by atoms with Crippen LogP contribution in [0.5, 0.6) is 0 Å². The fraction of sp³-hybridized carbons (Fsp3) is 0.467. The zero-order valence-corrected chi connectivity index (χ0v) is 11.5. The molecule has 1 aliphatic rings. The smallest absolute Gasteiger partial charge is 0.260 e. The van der Waals surface area contributed by atoms with Crippen LogP contribution in [-0.4, -0.2) is 10.1 Å². The molecule has 2 aromatic rings. The molecule has 20 heavy (non-hydrogen) atoms. The van der Waals surface area contributed by atoms with Crippen LogP contribution < -0.4 is 5.73 Å². The Labute approximate surface area is 117 Å². The highest BCUT2D eigenvalue weighted by Crippen LogP contribution is 2.34. The second-order valence-electron chi connectivity index (χ2n) is 5.62. The highest BCUT2D eigenvalue weighted by Gasteiger charge is 2.34. The number of aromatic nitrogens is 2. The first-order valence-corrected chi connectivity index (χ1v) is 6.98. The molecule has 0 spiro atoms. The van der Waals surface area contributed by atoms with Gasteiger partial charge in [-0.15, -0.1) is 0 Å². The van der Waals surface area contributed by atoms with E-state index < -0.39 is 5.54 Å². The molecular formula is C15H18FN3O. The van der Waals surface area contributed by atoms with Crippen molar-refractivity contribution in [2.75, 3.05) is 0 Å². The topological polar surface area (TPSA) is 64.9 Å². The molecule has 0 unspecified atom stereocenters. The van der Waals surface area contributed by atoms with E-state index in [4.69, 9.17) is 10.3 Å². The van der Waals surface area contributed by atoms with E-state index in [0.717, 1.165) is 31.2 Å². The maximum Gasteiger partial charge on any atom is 0.260 e. The monoisotopic (exact) mass is 275 g/mol. The number of nitrogens with zero attached hydrogens (tertiary/aromatic N) is 2. The SMILES string of the molecule is Cc1ccc(-c2nc(C3(N)CCCCC3)no2)c(F)c1. The summed E-state index contributed by atoms with van der Waals surface area (Å²) in [5, 5.41) is 3.97. The molecule has 0 radical (unpaired) electrons. The highest BCUT2D eigenvalue weighted by atomic mass is 19.1. The predicted molar refractivity (Wildman–Crippen MR) is 73.4 cm³/mol. The van der Waals surface area contributed by atoms with Gasteiger partial charge in [0.2, 0.25) is 0 Å². The Morgan fingerprint density at radius 3 is 2.70 bits per heavy atom. The lowest BCUT2D eigenvalue weighted by molar-refractivity contribution is 0.275. The molecule has 0 bridgehead atoms. The van der Waals surface area contributed by atoms with Gasteiger partial charge in [-0.05, 0) is 37.5 Å². The van der Waals surface area contributed by atoms with Gasteiger partial charge < -0.3 is 10.3 Å². The van der Waals surface area contributed by atoms with Gasteiger partial charge in [-0.3, -0.25) is 0 Å². The van der Waals surface area contributed by atoms with Crippen LogP contribution >= 0.6 is 0 Å². The largest absolute Gasteiger partial charge is 0.334 e. The van der Waals surface area contributed by atoms with Crippen molar-refractivity contribution in [3.8, 4) is 11.5 Å². The number of nitrogens with two attached hydrogens (primary N) is 1. The van der Waals surface area contributed by atoms with Crippen LogP contribution in [-0.2, 0) is 5.54 Å². The van der Waals surface area contributed by atoms with Crippen molar-refractivity contribution < 1.29 is 8.91 Å². The van der Waals surface area contributed by atoms with Crippen LogP contribution in [0.25, 0.3) is 11.5 Å². The second kappa shape index (κ2) is 4.98. The van der Waals surface area contributed by atoms with Crippen LogP contribution in [0.3, 0.4) is 0 Å². The predicted octanol–water partition coefficient (Wildman–Crippen LogP) is 3.30. The molecule has 2 N–H and O–H groups in total. The van der Waals surface area contributed by atoms with Gasteiger partial charge in [0.15, 0.2) is 5.82 Å². The minimum atomic E-state index is -0.527. The van der Waals surface area contributed by atoms with Crippen molar-refractivity contribution in [2.45, 2.75) is 44.6 Å². The lowest BCUT2D eigenvalue weighted by Crippen LogP contribution is -2.39. The number of aryl methyl sites for hydroxylation is 1. The van der Waals surface area contributed by atoms with Gasteiger partial charge in [-0.2, -0.15) is 4.98 Å². The lowest BCUT2D eigenvalue weighted by atomic mass is 9.82. The van der Waals surface area contributed by atoms with Gasteiger partial charge in [0, 0.05) is 0 Å². The normalized spacial score (nSPS) is 18.1. The summed E-state index contributed by atoms with van der Waals surface area (Å²) in [4.78, 5) is 4.32. The first-order chi connectivity index (χ1) is 9.58. The average Bonchev–Trinajstić information content (AvgIpc) is 2.90. The molecule has 1 fully saturated rings. The zero-order valence-electron chi connectivity index (χ0n) is 11.5. The molecule has 1 aromatic heterocycles. The molecule has 1 saturated carbocycles. The third-order valence-electron chi connectivity index (χ3n) is 3.97. The molecule has 1 aromatic carbocycles. The van der Waals surface area contributed by atoms with E-state index in [-0.39, 0.29) is 11.7 Å². The summed E-state index contributed by atoms with van der Waals surface area (Å²) in [5.41, 5.74) is 7.01. The van der Waals surface area contributed by atoms with Gasteiger partial charge >= 0.3 is 0 Å². The minimum Gasteiger partial charge on any atom is -0.334 e. The van der Waals surface area contributed by atoms with Gasteiger partial charge in [0.1, 0.15) is 5.82 Å². The van der Waals surface area contributed by atoms with E-state index in [0.29, 0.717) is 11.4 Å². The second-order valence-corrected chi connectivity index (χ2v) is 5.62. The molecular weight excluding hydrogens is 257 g/mol. The molecule has 1 aliphatic carbocycles. The van der Waals surface area contributed by atoms with E-state index in [9.17, 15) is 4.39 Å². The molecule has 1 heterocycles. The van der Waals surface area contributed by atoms with E-state index in [1.54, 1.807) is 6.07 Å². The fourth-order valence-electron chi connectivity index (χ4n) is 2.73. The standard InChI is InChI=1S/C15H18FN3O/c1-10-5-6-11(12(16)9-10)13-18-14(19-20-13)15(17)7-3-2-4-8-15/h5-6,9H,2-4,7-8,17H2,1H3. The van der Waals surface area contributed by atoms with Gasteiger partial charge in [-0.25, -0.2) is 4.39 Å². The number of rotatable bonds is 2. The molecule has 0 amide bonds. The summed E-state index contributed by atoms with van der Waals surface area (Å²) in [5.74, 6) is 0.343. The van der Waals surface area contributed by atoms with Crippen LogP contribution in [0.2, 0.25) is 0 Å². The summed E-state index contributed by atoms with van der Waals surface area (Å²) in [7, 11) is 0. The molecule has 106 valence electrons. The van der Waals surface area contributed by atoms with Gasteiger partial charge in [-0.1, -0.05) is 30.5 Å². The van der Waals surface area contributed by atoms with E-state index in [2.05, 4.69) is 10.1 Å². The molecule has 5 heteroatoms. The van der Waals surface area contributed by atoms with E-state index >= 15 is 0 Å². The minimum absolute atomic E-state index is 0.202. The first-order valence-electron chi connectivity index (χ1n) is 6.98. The Kier molecular flexibility index (Phi) is 3.30. The van der Waals surface area contributed by atoms with Crippen LogP contribution in [0.4, 0.5) is 4.39 Å². The van der Waals surface area contributed by atoms with E-state index in [1.807, 2.05) is 13.0 Å². The van der Waals surface area contributed by atoms with Crippen molar-refractivity contribution in [2.24, 2.45) is 5.73 Å². The third kappa shape index (κ3) is 2.33. The number of benzene rings is 1. The van der Waals surface area contributed by atoms with Crippen LogP contribution in [0.15, 0.2) is 22.7 Å². The van der Waals surface area contributed by atoms with E-state index in [1.165, 1.54) is 12.5 Å². The van der Waals surface area contributed by atoms with Gasteiger partial charge in [0.25, 0.3) is 5.89 Å². The molecule has 3 rings (SSSR count). The maximum atomic E-state index is 13.9. The quantitative estimate of drug-likeness (QED) is 0.913. The molecule has 4 nitrogen and oxygen atoms in total. The zero-order chi connectivity index (χ0) is 14.2. The Morgan fingerprint density at radius 2 is 2.00 bits per heavy atom. The van der Waals surface area contributed by atoms with Crippen molar-refractivity contribution >= 4 is 0 Å². The Morgan fingerprint density at radius 1 is 1.25 bits per heavy atom. The number of hydrogen-bond donors (Lipinski definition) is 1. The Bertz CT molecular complexity index is 617. The molecule has 0 aliphatic heterocycles. The summed E-state index contributed by atoms with van der Waals surface area (Å²) in [6.07, 6.45) is 5.03. The summed E-state index contributed by atoms with van der Waals surface area (Å²) < 4.78 is 19.1. The van der Waals surface area contributed by atoms with Crippen molar-refractivity contribution in [3.63, 3.8) is 0 Å². The molecule has 0 saturated heterocycles. The van der Waals surface area contributed by atoms with Gasteiger partial charge in [0.05, 0.1) is 11.1 Å². The Balaban J connectivity index is 1.93. The first kappa shape index (κ1) is 13.2.